The molecular formula is C18H22N4O4. The highest BCUT2D eigenvalue weighted by Crippen LogP contribution is 2.42. The van der Waals surface area contributed by atoms with E-state index in [1.54, 1.807) is 18.7 Å². The first-order valence-corrected chi connectivity index (χ1v) is 8.46. The van der Waals surface area contributed by atoms with E-state index in [1.165, 1.54) is 6.33 Å². The lowest BCUT2D eigenvalue weighted by Gasteiger charge is -2.29. The minimum atomic E-state index is -0.538. The number of ether oxygens (including phenoxy) is 3. The molecule has 2 heterocycles. The van der Waals surface area contributed by atoms with Gasteiger partial charge in [0, 0.05) is 11.3 Å². The zero-order chi connectivity index (χ0) is 18.7. The Kier molecular flexibility index (Phi) is 5.11. The van der Waals surface area contributed by atoms with Crippen LogP contribution in [-0.2, 0) is 9.53 Å². The molecule has 8 heteroatoms. The third-order valence-corrected chi connectivity index (χ3v) is 4.10. The van der Waals surface area contributed by atoms with Gasteiger partial charge in [0.25, 0.3) is 0 Å². The van der Waals surface area contributed by atoms with E-state index in [4.69, 9.17) is 14.2 Å². The lowest BCUT2D eigenvalue weighted by atomic mass is 9.94. The standard InChI is InChI=1S/C18H22N4O4/c1-5-25-16-12(8-7-9-13(16)24-4)15-14(17(23)26-6-2)11(3)21-18-19-10-20-22(15)18/h7-10,15H,5-6H2,1-4H3,(H,19,20,21)/t15-/m0/s1. The van der Waals surface area contributed by atoms with Crippen molar-refractivity contribution in [2.24, 2.45) is 0 Å². The number of anilines is 1. The van der Waals surface area contributed by atoms with E-state index in [0.717, 1.165) is 5.56 Å². The topological polar surface area (TPSA) is 87.5 Å². The van der Waals surface area contributed by atoms with Gasteiger partial charge < -0.3 is 19.5 Å². The number of para-hydroxylation sites is 1. The Morgan fingerprint density at radius 3 is 2.81 bits per heavy atom. The van der Waals surface area contributed by atoms with Crippen molar-refractivity contribution in [3.05, 3.63) is 41.4 Å². The Balaban J connectivity index is 2.22. The smallest absolute Gasteiger partial charge is 0.338 e. The van der Waals surface area contributed by atoms with E-state index < -0.39 is 12.0 Å². The number of hydrogen-bond acceptors (Lipinski definition) is 7. The maximum atomic E-state index is 12.7. The van der Waals surface area contributed by atoms with Gasteiger partial charge in [-0.1, -0.05) is 12.1 Å². The molecule has 0 unspecified atom stereocenters. The summed E-state index contributed by atoms with van der Waals surface area (Å²) in [5.41, 5.74) is 1.88. The highest BCUT2D eigenvalue weighted by atomic mass is 16.5. The van der Waals surface area contributed by atoms with Crippen LogP contribution in [0.3, 0.4) is 0 Å². The third-order valence-electron chi connectivity index (χ3n) is 4.10. The predicted octanol–water partition coefficient (Wildman–Crippen LogP) is 2.54. The first-order chi connectivity index (χ1) is 12.6. The highest BCUT2D eigenvalue weighted by molar-refractivity contribution is 5.92. The fourth-order valence-electron chi connectivity index (χ4n) is 3.06. The molecule has 3 rings (SSSR count). The van der Waals surface area contributed by atoms with Gasteiger partial charge in [0.2, 0.25) is 5.95 Å². The monoisotopic (exact) mass is 358 g/mol. The maximum Gasteiger partial charge on any atom is 0.338 e. The van der Waals surface area contributed by atoms with E-state index in [9.17, 15) is 4.79 Å². The fourth-order valence-corrected chi connectivity index (χ4v) is 3.06. The predicted molar refractivity (Wildman–Crippen MR) is 95.3 cm³/mol. The van der Waals surface area contributed by atoms with E-state index in [1.807, 2.05) is 32.0 Å². The average molecular weight is 358 g/mol. The molecule has 1 aromatic carbocycles. The Hall–Kier alpha value is -3.03. The quantitative estimate of drug-likeness (QED) is 0.794. The Labute approximate surface area is 151 Å². The molecule has 0 aliphatic carbocycles. The van der Waals surface area contributed by atoms with Crippen LogP contribution in [0.15, 0.2) is 35.8 Å². The molecule has 0 bridgehead atoms. The van der Waals surface area contributed by atoms with Gasteiger partial charge in [0.05, 0.1) is 25.9 Å². The van der Waals surface area contributed by atoms with Gasteiger partial charge in [0.15, 0.2) is 11.5 Å². The maximum absolute atomic E-state index is 12.7. The number of carbonyl (C=O) groups excluding carboxylic acids is 1. The number of allylic oxidation sites excluding steroid dienone is 1. The van der Waals surface area contributed by atoms with Crippen LogP contribution in [0.5, 0.6) is 11.5 Å². The van der Waals surface area contributed by atoms with Crippen molar-refractivity contribution in [2.75, 3.05) is 25.6 Å². The van der Waals surface area contributed by atoms with Crippen LogP contribution >= 0.6 is 0 Å². The third kappa shape index (κ3) is 2.98. The molecule has 1 aromatic heterocycles. The number of hydrogen-bond donors (Lipinski definition) is 1. The Bertz CT molecular complexity index is 843. The van der Waals surface area contributed by atoms with Crippen LogP contribution < -0.4 is 14.8 Å². The van der Waals surface area contributed by atoms with Crippen molar-refractivity contribution >= 4 is 11.9 Å². The number of carbonyl (C=O) groups is 1. The summed E-state index contributed by atoms with van der Waals surface area (Å²) >= 11 is 0. The number of fused-ring (bicyclic) bond motifs is 1. The average Bonchev–Trinajstić information content (AvgIpc) is 3.09. The van der Waals surface area contributed by atoms with Gasteiger partial charge in [0.1, 0.15) is 12.4 Å². The molecule has 0 saturated heterocycles. The van der Waals surface area contributed by atoms with Crippen LogP contribution in [0.4, 0.5) is 5.95 Å². The summed E-state index contributed by atoms with van der Waals surface area (Å²) in [6.45, 7) is 6.23. The molecule has 1 atom stereocenters. The molecule has 2 aromatic rings. The van der Waals surface area contributed by atoms with Gasteiger partial charge in [-0.2, -0.15) is 10.1 Å². The zero-order valence-electron chi connectivity index (χ0n) is 15.3. The van der Waals surface area contributed by atoms with Gasteiger partial charge in [-0.25, -0.2) is 9.48 Å². The number of nitrogens with zero attached hydrogens (tertiary/aromatic N) is 3. The second kappa shape index (κ2) is 7.47. The molecule has 138 valence electrons. The van der Waals surface area contributed by atoms with Crippen LogP contribution in [0.2, 0.25) is 0 Å². The highest BCUT2D eigenvalue weighted by Gasteiger charge is 2.36. The number of esters is 1. The SMILES string of the molecule is CCOC(=O)C1=C(C)Nc2ncnn2[C@H]1c1cccc(OC)c1OCC. The molecule has 1 N–H and O–H groups in total. The van der Waals surface area contributed by atoms with Gasteiger partial charge in [-0.3, -0.25) is 0 Å². The molecular weight excluding hydrogens is 336 g/mol. The fraction of sp³-hybridized carbons (Fsp3) is 0.389. The van der Waals surface area contributed by atoms with Gasteiger partial charge in [-0.15, -0.1) is 0 Å². The summed E-state index contributed by atoms with van der Waals surface area (Å²) in [5.74, 6) is 1.30. The minimum Gasteiger partial charge on any atom is -0.493 e. The van der Waals surface area contributed by atoms with Crippen LogP contribution in [0.1, 0.15) is 32.4 Å². The number of aromatic nitrogens is 3. The summed E-state index contributed by atoms with van der Waals surface area (Å²) in [4.78, 5) is 16.9. The number of nitrogens with one attached hydrogen (secondary N) is 1. The van der Waals surface area contributed by atoms with Crippen LogP contribution in [-0.4, -0.2) is 41.1 Å². The summed E-state index contributed by atoms with van der Waals surface area (Å²) in [7, 11) is 1.58. The largest absolute Gasteiger partial charge is 0.493 e. The first-order valence-electron chi connectivity index (χ1n) is 8.46. The molecule has 26 heavy (non-hydrogen) atoms. The van der Waals surface area contributed by atoms with Crippen molar-refractivity contribution in [2.45, 2.75) is 26.8 Å². The number of rotatable bonds is 6. The Morgan fingerprint density at radius 1 is 1.31 bits per heavy atom. The second-order valence-corrected chi connectivity index (χ2v) is 5.63. The molecule has 0 saturated carbocycles. The normalized spacial score (nSPS) is 15.9. The van der Waals surface area contributed by atoms with Crippen LogP contribution in [0, 0.1) is 0 Å². The van der Waals surface area contributed by atoms with E-state index >= 15 is 0 Å². The second-order valence-electron chi connectivity index (χ2n) is 5.63. The first kappa shape index (κ1) is 17.8. The summed E-state index contributed by atoms with van der Waals surface area (Å²) < 4.78 is 18.2. The molecule has 0 fully saturated rings. The van der Waals surface area contributed by atoms with Crippen LogP contribution in [0.25, 0.3) is 0 Å². The summed E-state index contributed by atoms with van der Waals surface area (Å²) in [5, 5.41) is 7.41. The van der Waals surface area contributed by atoms with Crippen molar-refractivity contribution in [1.82, 2.24) is 14.8 Å². The number of benzene rings is 1. The Morgan fingerprint density at radius 2 is 2.12 bits per heavy atom. The molecule has 1 aliphatic rings. The van der Waals surface area contributed by atoms with Crippen molar-refractivity contribution < 1.29 is 19.0 Å². The number of methoxy groups -OCH3 is 1. The molecule has 0 amide bonds. The van der Waals surface area contributed by atoms with Gasteiger partial charge in [-0.05, 0) is 26.8 Å². The van der Waals surface area contributed by atoms with Crippen molar-refractivity contribution in [3.63, 3.8) is 0 Å². The van der Waals surface area contributed by atoms with E-state index in [-0.39, 0.29) is 6.61 Å². The zero-order valence-corrected chi connectivity index (χ0v) is 15.3. The minimum absolute atomic E-state index is 0.281. The molecule has 1 aliphatic heterocycles. The molecule has 8 nitrogen and oxygen atoms in total. The van der Waals surface area contributed by atoms with E-state index in [2.05, 4.69) is 15.4 Å². The molecule has 0 radical (unpaired) electrons. The molecule has 0 spiro atoms. The summed E-state index contributed by atoms with van der Waals surface area (Å²) in [6, 6.07) is 5.03. The van der Waals surface area contributed by atoms with Crippen molar-refractivity contribution in [1.29, 1.82) is 0 Å². The van der Waals surface area contributed by atoms with Crippen molar-refractivity contribution in [3.8, 4) is 11.5 Å². The summed E-state index contributed by atoms with van der Waals surface area (Å²) in [6.07, 6.45) is 1.44. The van der Waals surface area contributed by atoms with Gasteiger partial charge >= 0.3 is 5.97 Å². The lowest BCUT2D eigenvalue weighted by Crippen LogP contribution is -2.30. The van der Waals surface area contributed by atoms with E-state index in [0.29, 0.717) is 35.3 Å². The lowest BCUT2D eigenvalue weighted by molar-refractivity contribution is -0.139.